The molecule has 0 amide bonds. The van der Waals surface area contributed by atoms with Gasteiger partial charge < -0.3 is 9.30 Å². The van der Waals surface area contributed by atoms with E-state index in [0.29, 0.717) is 17.9 Å². The number of carbonyl (C=O) groups excluding carboxylic acids is 1. The molecule has 0 atom stereocenters. The molecule has 0 aliphatic heterocycles. The fourth-order valence-corrected chi connectivity index (χ4v) is 2.85. The van der Waals surface area contributed by atoms with Crippen LogP contribution in [0, 0.1) is 0 Å². The minimum absolute atomic E-state index is 0.313. The second-order valence-corrected chi connectivity index (χ2v) is 6.01. The maximum absolute atomic E-state index is 11.8. The highest BCUT2D eigenvalue weighted by Crippen LogP contribution is 2.21. The van der Waals surface area contributed by atoms with Crippen LogP contribution in [-0.2, 0) is 11.8 Å². The minimum atomic E-state index is -0.313. The molecule has 122 valence electrons. The van der Waals surface area contributed by atoms with Crippen molar-refractivity contribution in [3.8, 4) is 11.4 Å². The summed E-state index contributed by atoms with van der Waals surface area (Å²) in [6.45, 7) is 0.315. The third kappa shape index (κ3) is 3.80. The van der Waals surface area contributed by atoms with Gasteiger partial charge in [0, 0.05) is 30.8 Å². The number of benzene rings is 1. The summed E-state index contributed by atoms with van der Waals surface area (Å²) in [6, 6.07) is 12.7. The van der Waals surface area contributed by atoms with Crippen LogP contribution in [-0.4, -0.2) is 38.1 Å². The second kappa shape index (κ2) is 7.74. The zero-order valence-corrected chi connectivity index (χ0v) is 13.9. The fraction of sp³-hybridized carbons (Fsp3) is 0.176. The normalized spacial score (nSPS) is 10.5. The summed E-state index contributed by atoms with van der Waals surface area (Å²) >= 11 is 1.50. The molecule has 0 radical (unpaired) electrons. The Labute approximate surface area is 143 Å². The van der Waals surface area contributed by atoms with E-state index >= 15 is 0 Å². The van der Waals surface area contributed by atoms with E-state index in [1.54, 1.807) is 24.5 Å². The van der Waals surface area contributed by atoms with Crippen LogP contribution >= 0.6 is 11.8 Å². The van der Waals surface area contributed by atoms with Gasteiger partial charge in [-0.1, -0.05) is 30.0 Å². The lowest BCUT2D eigenvalue weighted by Gasteiger charge is -2.05. The first-order valence-corrected chi connectivity index (χ1v) is 8.39. The first-order valence-electron chi connectivity index (χ1n) is 7.40. The van der Waals surface area contributed by atoms with E-state index in [4.69, 9.17) is 4.74 Å². The summed E-state index contributed by atoms with van der Waals surface area (Å²) in [4.78, 5) is 15.8. The minimum Gasteiger partial charge on any atom is -0.461 e. The van der Waals surface area contributed by atoms with Gasteiger partial charge in [0.05, 0.1) is 5.56 Å². The van der Waals surface area contributed by atoms with Crippen molar-refractivity contribution < 1.29 is 9.53 Å². The summed E-state index contributed by atoms with van der Waals surface area (Å²) in [5.74, 6) is 1.08. The van der Waals surface area contributed by atoms with Crippen molar-refractivity contribution in [2.24, 2.45) is 7.05 Å². The standard InChI is InChI=1S/C17H16N4O2S/c1-21-15(13-7-9-18-10-8-13)19-20-17(21)24-12-11-23-16(22)14-5-3-2-4-6-14/h2-10H,11-12H2,1H3. The lowest BCUT2D eigenvalue weighted by atomic mass is 10.2. The topological polar surface area (TPSA) is 69.9 Å². The van der Waals surface area contributed by atoms with Crippen molar-refractivity contribution in [3.05, 3.63) is 60.4 Å². The molecule has 0 spiro atoms. The van der Waals surface area contributed by atoms with Gasteiger partial charge in [0.25, 0.3) is 0 Å². The number of thioether (sulfide) groups is 1. The van der Waals surface area contributed by atoms with Crippen LogP contribution in [0.3, 0.4) is 0 Å². The third-order valence-corrected chi connectivity index (χ3v) is 4.32. The number of pyridine rings is 1. The van der Waals surface area contributed by atoms with Crippen LogP contribution in [0.5, 0.6) is 0 Å². The Bertz CT molecular complexity index is 806. The lowest BCUT2D eigenvalue weighted by Crippen LogP contribution is -2.08. The van der Waals surface area contributed by atoms with Crippen molar-refractivity contribution in [3.63, 3.8) is 0 Å². The quantitative estimate of drug-likeness (QED) is 0.390. The van der Waals surface area contributed by atoms with Gasteiger partial charge in [-0.15, -0.1) is 10.2 Å². The summed E-state index contributed by atoms with van der Waals surface area (Å²) < 4.78 is 7.17. The van der Waals surface area contributed by atoms with Crippen LogP contribution in [0.2, 0.25) is 0 Å². The van der Waals surface area contributed by atoms with Crippen molar-refractivity contribution in [2.75, 3.05) is 12.4 Å². The van der Waals surface area contributed by atoms with Gasteiger partial charge in [-0.25, -0.2) is 4.79 Å². The zero-order valence-electron chi connectivity index (χ0n) is 13.1. The second-order valence-electron chi connectivity index (χ2n) is 4.95. The van der Waals surface area contributed by atoms with E-state index in [1.807, 2.05) is 41.9 Å². The van der Waals surface area contributed by atoms with E-state index in [9.17, 15) is 4.79 Å². The highest BCUT2D eigenvalue weighted by atomic mass is 32.2. The van der Waals surface area contributed by atoms with Crippen molar-refractivity contribution >= 4 is 17.7 Å². The van der Waals surface area contributed by atoms with E-state index in [2.05, 4.69) is 15.2 Å². The Hall–Kier alpha value is -2.67. The molecule has 0 saturated carbocycles. The largest absolute Gasteiger partial charge is 0.461 e. The van der Waals surface area contributed by atoms with Gasteiger partial charge in [-0.3, -0.25) is 4.98 Å². The molecule has 0 aliphatic rings. The number of rotatable bonds is 6. The highest BCUT2D eigenvalue weighted by Gasteiger charge is 2.11. The fourth-order valence-electron chi connectivity index (χ4n) is 2.12. The molecule has 1 aromatic carbocycles. The Morgan fingerprint density at radius 1 is 1.12 bits per heavy atom. The van der Waals surface area contributed by atoms with E-state index in [0.717, 1.165) is 16.5 Å². The molecule has 0 unspecified atom stereocenters. The molecule has 2 heterocycles. The van der Waals surface area contributed by atoms with Crippen molar-refractivity contribution in [1.82, 2.24) is 19.7 Å². The van der Waals surface area contributed by atoms with Gasteiger partial charge in [-0.05, 0) is 24.3 Å². The molecule has 0 saturated heterocycles. The Morgan fingerprint density at radius 2 is 1.88 bits per heavy atom. The number of ether oxygens (including phenoxy) is 1. The molecule has 0 aliphatic carbocycles. The van der Waals surface area contributed by atoms with E-state index < -0.39 is 0 Å². The number of aromatic nitrogens is 4. The smallest absolute Gasteiger partial charge is 0.338 e. The first-order chi connectivity index (χ1) is 11.8. The molecule has 0 fully saturated rings. The molecular formula is C17H16N4O2S. The molecule has 2 aromatic heterocycles. The average molecular weight is 340 g/mol. The summed E-state index contributed by atoms with van der Waals surface area (Å²) in [5, 5.41) is 9.16. The monoisotopic (exact) mass is 340 g/mol. The van der Waals surface area contributed by atoms with Crippen LogP contribution in [0.4, 0.5) is 0 Å². The number of hydrogen-bond donors (Lipinski definition) is 0. The van der Waals surface area contributed by atoms with Gasteiger partial charge >= 0.3 is 5.97 Å². The molecular weight excluding hydrogens is 324 g/mol. The van der Waals surface area contributed by atoms with Gasteiger partial charge in [-0.2, -0.15) is 0 Å². The lowest BCUT2D eigenvalue weighted by molar-refractivity contribution is 0.0530. The van der Waals surface area contributed by atoms with Gasteiger partial charge in [0.15, 0.2) is 11.0 Å². The van der Waals surface area contributed by atoms with Crippen LogP contribution in [0.1, 0.15) is 10.4 Å². The van der Waals surface area contributed by atoms with E-state index in [-0.39, 0.29) is 5.97 Å². The summed E-state index contributed by atoms with van der Waals surface area (Å²) in [5.41, 5.74) is 1.52. The molecule has 24 heavy (non-hydrogen) atoms. The maximum atomic E-state index is 11.8. The summed E-state index contributed by atoms with van der Waals surface area (Å²) in [7, 11) is 1.91. The van der Waals surface area contributed by atoms with Gasteiger partial charge in [0.2, 0.25) is 0 Å². The van der Waals surface area contributed by atoms with Crippen LogP contribution < -0.4 is 0 Å². The van der Waals surface area contributed by atoms with E-state index in [1.165, 1.54) is 11.8 Å². The van der Waals surface area contributed by atoms with Crippen molar-refractivity contribution in [2.45, 2.75) is 5.16 Å². The predicted octanol–water partition coefficient (Wildman–Crippen LogP) is 2.83. The number of nitrogens with zero attached hydrogens (tertiary/aromatic N) is 4. The molecule has 0 N–H and O–H groups in total. The van der Waals surface area contributed by atoms with Gasteiger partial charge in [0.1, 0.15) is 6.61 Å². The molecule has 0 bridgehead atoms. The predicted molar refractivity (Wildman–Crippen MR) is 91.7 cm³/mol. The molecule has 6 nitrogen and oxygen atoms in total. The molecule has 3 rings (SSSR count). The number of esters is 1. The average Bonchev–Trinajstić information content (AvgIpc) is 3.00. The number of carbonyl (C=O) groups is 1. The first kappa shape index (κ1) is 16.2. The molecule has 7 heteroatoms. The van der Waals surface area contributed by atoms with Crippen LogP contribution in [0.25, 0.3) is 11.4 Å². The summed E-state index contributed by atoms with van der Waals surface area (Å²) in [6.07, 6.45) is 3.44. The Morgan fingerprint density at radius 3 is 2.62 bits per heavy atom. The maximum Gasteiger partial charge on any atom is 0.338 e. The highest BCUT2D eigenvalue weighted by molar-refractivity contribution is 7.99. The van der Waals surface area contributed by atoms with Crippen molar-refractivity contribution in [1.29, 1.82) is 0 Å². The molecule has 3 aromatic rings. The zero-order chi connectivity index (χ0) is 16.8. The number of hydrogen-bond acceptors (Lipinski definition) is 6. The SMILES string of the molecule is Cn1c(SCCOC(=O)c2ccccc2)nnc1-c1ccncc1. The Kier molecular flexibility index (Phi) is 5.22. The third-order valence-electron chi connectivity index (χ3n) is 3.33. The van der Waals surface area contributed by atoms with Crippen LogP contribution in [0.15, 0.2) is 60.0 Å². The Balaban J connectivity index is 1.53.